The van der Waals surface area contributed by atoms with Gasteiger partial charge in [0.15, 0.2) is 0 Å². The second-order valence-corrected chi connectivity index (χ2v) is 4.33. The van der Waals surface area contributed by atoms with E-state index >= 15 is 0 Å². The fraction of sp³-hybridized carbons (Fsp3) is 0.455. The zero-order valence-corrected chi connectivity index (χ0v) is 9.80. The molecular weight excluding hydrogens is 206 g/mol. The third-order valence-corrected chi connectivity index (χ3v) is 1.63. The zero-order chi connectivity index (χ0) is 12.0. The van der Waals surface area contributed by atoms with Crippen LogP contribution in [0.15, 0.2) is 24.5 Å². The van der Waals surface area contributed by atoms with Crippen molar-refractivity contribution in [1.82, 2.24) is 15.6 Å². The van der Waals surface area contributed by atoms with Gasteiger partial charge in [0.1, 0.15) is 0 Å². The number of hydroxylamine groups is 1. The number of nitrogens with zero attached hydrogens (tertiary/aromatic N) is 2. The SMILES string of the molecule is CC(C)(C)ON(C=O)NCc1cccnc1. The first-order chi connectivity index (χ1) is 7.51. The molecule has 0 aliphatic rings. The normalized spacial score (nSPS) is 11.2. The number of rotatable bonds is 5. The molecule has 0 spiro atoms. The molecule has 0 saturated carbocycles. The molecule has 16 heavy (non-hydrogen) atoms. The molecule has 0 atom stereocenters. The van der Waals surface area contributed by atoms with Gasteiger partial charge in [0.25, 0.3) is 0 Å². The van der Waals surface area contributed by atoms with Crippen molar-refractivity contribution >= 4 is 6.41 Å². The summed E-state index contributed by atoms with van der Waals surface area (Å²) in [5.74, 6) is 0. The van der Waals surface area contributed by atoms with Crippen molar-refractivity contribution < 1.29 is 9.63 Å². The first-order valence-electron chi connectivity index (χ1n) is 5.07. The van der Waals surface area contributed by atoms with E-state index in [4.69, 9.17) is 4.84 Å². The summed E-state index contributed by atoms with van der Waals surface area (Å²) >= 11 is 0. The minimum Gasteiger partial charge on any atom is -0.275 e. The Labute approximate surface area is 95.3 Å². The van der Waals surface area contributed by atoms with E-state index in [1.165, 1.54) is 0 Å². The summed E-state index contributed by atoms with van der Waals surface area (Å²) in [6.45, 7) is 6.10. The Morgan fingerprint density at radius 3 is 2.81 bits per heavy atom. The van der Waals surface area contributed by atoms with Gasteiger partial charge in [-0.25, -0.2) is 10.3 Å². The van der Waals surface area contributed by atoms with Crippen molar-refractivity contribution in [1.29, 1.82) is 0 Å². The van der Waals surface area contributed by atoms with Gasteiger partial charge in [-0.2, -0.15) is 5.17 Å². The minimum absolute atomic E-state index is 0.414. The first kappa shape index (κ1) is 12.6. The van der Waals surface area contributed by atoms with Gasteiger partial charge >= 0.3 is 0 Å². The van der Waals surface area contributed by atoms with Crippen molar-refractivity contribution in [2.75, 3.05) is 0 Å². The van der Waals surface area contributed by atoms with Crippen LogP contribution in [0.2, 0.25) is 0 Å². The van der Waals surface area contributed by atoms with Crippen LogP contribution in [0.25, 0.3) is 0 Å². The van der Waals surface area contributed by atoms with E-state index in [0.717, 1.165) is 10.7 Å². The third kappa shape index (κ3) is 4.86. The van der Waals surface area contributed by atoms with Gasteiger partial charge in [-0.3, -0.25) is 9.78 Å². The smallest absolute Gasteiger partial charge is 0.249 e. The van der Waals surface area contributed by atoms with Gasteiger partial charge in [0, 0.05) is 18.9 Å². The van der Waals surface area contributed by atoms with Gasteiger partial charge < -0.3 is 0 Å². The van der Waals surface area contributed by atoms with E-state index in [9.17, 15) is 4.79 Å². The highest BCUT2D eigenvalue weighted by molar-refractivity contribution is 5.44. The lowest BCUT2D eigenvalue weighted by Crippen LogP contribution is -2.42. The second-order valence-electron chi connectivity index (χ2n) is 4.33. The molecule has 1 heterocycles. The number of aromatic nitrogens is 1. The molecule has 1 rings (SSSR count). The lowest BCUT2D eigenvalue weighted by molar-refractivity contribution is -0.239. The predicted octanol–water partition coefficient (Wildman–Crippen LogP) is 1.27. The summed E-state index contributed by atoms with van der Waals surface area (Å²) in [4.78, 5) is 20.0. The average molecular weight is 223 g/mol. The van der Waals surface area contributed by atoms with E-state index in [1.807, 2.05) is 32.9 Å². The number of amides is 1. The van der Waals surface area contributed by atoms with Gasteiger partial charge in [-0.15, -0.1) is 0 Å². The lowest BCUT2D eigenvalue weighted by atomic mass is 10.2. The van der Waals surface area contributed by atoms with Gasteiger partial charge in [0.2, 0.25) is 6.41 Å². The molecule has 0 saturated heterocycles. The second kappa shape index (κ2) is 5.58. The van der Waals surface area contributed by atoms with Crippen molar-refractivity contribution in [2.45, 2.75) is 32.9 Å². The van der Waals surface area contributed by atoms with Crippen LogP contribution in [0, 0.1) is 0 Å². The van der Waals surface area contributed by atoms with Crippen molar-refractivity contribution in [3.05, 3.63) is 30.1 Å². The number of hydrazine groups is 1. The monoisotopic (exact) mass is 223 g/mol. The molecule has 0 fully saturated rings. The summed E-state index contributed by atoms with van der Waals surface area (Å²) in [7, 11) is 0. The van der Waals surface area contributed by atoms with Crippen LogP contribution in [0.1, 0.15) is 26.3 Å². The largest absolute Gasteiger partial charge is 0.275 e. The Morgan fingerprint density at radius 1 is 1.56 bits per heavy atom. The molecule has 0 aliphatic carbocycles. The Kier molecular flexibility index (Phi) is 4.39. The highest BCUT2D eigenvalue weighted by Gasteiger charge is 2.15. The van der Waals surface area contributed by atoms with E-state index in [2.05, 4.69) is 10.4 Å². The van der Waals surface area contributed by atoms with Crippen LogP contribution in [-0.2, 0) is 16.2 Å². The van der Waals surface area contributed by atoms with Crippen molar-refractivity contribution in [3.8, 4) is 0 Å². The number of carbonyl (C=O) groups is 1. The molecule has 0 aromatic carbocycles. The quantitative estimate of drug-likeness (QED) is 0.603. The molecule has 5 nitrogen and oxygen atoms in total. The van der Waals surface area contributed by atoms with E-state index in [1.54, 1.807) is 12.4 Å². The Morgan fingerprint density at radius 2 is 2.31 bits per heavy atom. The Bertz CT molecular complexity index is 322. The highest BCUT2D eigenvalue weighted by Crippen LogP contribution is 2.07. The van der Waals surface area contributed by atoms with E-state index < -0.39 is 5.60 Å². The Hall–Kier alpha value is -1.46. The predicted molar refractivity (Wildman–Crippen MR) is 59.8 cm³/mol. The number of hydrogen-bond acceptors (Lipinski definition) is 4. The van der Waals surface area contributed by atoms with Crippen LogP contribution >= 0.6 is 0 Å². The molecule has 0 radical (unpaired) electrons. The third-order valence-electron chi connectivity index (χ3n) is 1.63. The van der Waals surface area contributed by atoms with Crippen LogP contribution in [-0.4, -0.2) is 22.2 Å². The van der Waals surface area contributed by atoms with Gasteiger partial charge in [0.05, 0.1) is 5.60 Å². The molecule has 1 amide bonds. The number of pyridine rings is 1. The summed E-state index contributed by atoms with van der Waals surface area (Å²) < 4.78 is 0. The number of carbonyl (C=O) groups excluding carboxylic acids is 1. The highest BCUT2D eigenvalue weighted by atomic mass is 16.7. The van der Waals surface area contributed by atoms with Crippen molar-refractivity contribution in [3.63, 3.8) is 0 Å². The van der Waals surface area contributed by atoms with Gasteiger partial charge in [-0.05, 0) is 32.4 Å². The summed E-state index contributed by atoms with van der Waals surface area (Å²) in [6, 6.07) is 3.76. The van der Waals surface area contributed by atoms with E-state index in [0.29, 0.717) is 13.0 Å². The zero-order valence-electron chi connectivity index (χ0n) is 9.80. The standard InChI is InChI=1S/C11H17N3O2/c1-11(2,3)16-14(9-15)13-8-10-5-4-6-12-7-10/h4-7,9,13H,8H2,1-3H3. The lowest BCUT2D eigenvalue weighted by Gasteiger charge is -2.26. The summed E-state index contributed by atoms with van der Waals surface area (Å²) in [5.41, 5.74) is 3.41. The molecule has 1 aromatic rings. The molecule has 1 N–H and O–H groups in total. The molecule has 0 bridgehead atoms. The number of nitrogens with one attached hydrogen (secondary N) is 1. The maximum absolute atomic E-state index is 10.7. The van der Waals surface area contributed by atoms with Crippen molar-refractivity contribution in [2.24, 2.45) is 0 Å². The Balaban J connectivity index is 2.43. The fourth-order valence-electron chi connectivity index (χ4n) is 1.06. The van der Waals surface area contributed by atoms with Crippen LogP contribution in [0.4, 0.5) is 0 Å². The fourth-order valence-corrected chi connectivity index (χ4v) is 1.06. The molecule has 88 valence electrons. The minimum atomic E-state index is -0.414. The van der Waals surface area contributed by atoms with E-state index in [-0.39, 0.29) is 0 Å². The average Bonchev–Trinajstić information content (AvgIpc) is 2.24. The van der Waals surface area contributed by atoms with Gasteiger partial charge in [-0.1, -0.05) is 6.07 Å². The maximum Gasteiger partial charge on any atom is 0.249 e. The summed E-state index contributed by atoms with van der Waals surface area (Å²) in [6.07, 6.45) is 4.03. The summed E-state index contributed by atoms with van der Waals surface area (Å²) in [5, 5.41) is 1.08. The molecule has 0 aliphatic heterocycles. The van der Waals surface area contributed by atoms with Crippen LogP contribution in [0.3, 0.4) is 0 Å². The topological polar surface area (TPSA) is 54.5 Å². The molecule has 0 unspecified atom stereocenters. The maximum atomic E-state index is 10.7. The van der Waals surface area contributed by atoms with Crippen LogP contribution < -0.4 is 5.43 Å². The molecular formula is C11H17N3O2. The number of hydrogen-bond donors (Lipinski definition) is 1. The van der Waals surface area contributed by atoms with Crippen LogP contribution in [0.5, 0.6) is 0 Å². The first-order valence-corrected chi connectivity index (χ1v) is 5.07. The molecule has 5 heteroatoms. The molecule has 1 aromatic heterocycles.